The molecular formula is C34H54N2O2. The third-order valence-electron chi connectivity index (χ3n) is 14.6. The third-order valence-corrected chi connectivity index (χ3v) is 14.6. The average molecular weight is 523 g/mol. The average Bonchev–Trinajstić information content (AvgIpc) is 3.28. The maximum atomic E-state index is 14.4. The lowest BCUT2D eigenvalue weighted by molar-refractivity contribution is -0.234. The summed E-state index contributed by atoms with van der Waals surface area (Å²) in [6.07, 6.45) is 11.2. The first-order valence-electron chi connectivity index (χ1n) is 16.0. The minimum Gasteiger partial charge on any atom is -0.340 e. The van der Waals surface area contributed by atoms with Gasteiger partial charge in [0.05, 0.1) is 5.41 Å². The highest BCUT2D eigenvalue weighted by atomic mass is 16.2. The fourth-order valence-corrected chi connectivity index (χ4v) is 12.5. The van der Waals surface area contributed by atoms with Gasteiger partial charge in [-0.2, -0.15) is 0 Å². The van der Waals surface area contributed by atoms with Crippen molar-refractivity contribution in [3.8, 4) is 0 Å². The summed E-state index contributed by atoms with van der Waals surface area (Å²) in [6.45, 7) is 22.7. The molecule has 1 N–H and O–H groups in total. The Morgan fingerprint density at radius 3 is 2.26 bits per heavy atom. The lowest BCUT2D eigenvalue weighted by Crippen LogP contribution is -2.67. The van der Waals surface area contributed by atoms with Gasteiger partial charge in [-0.15, -0.1) is 0 Å². The molecule has 0 aromatic rings. The molecule has 4 nitrogen and oxygen atoms in total. The third kappa shape index (κ3) is 3.31. The molecule has 6 aliphatic rings. The number of allylic oxidation sites excluding steroid dienone is 1. The lowest BCUT2D eigenvalue weighted by atomic mass is 9.32. The molecule has 212 valence electrons. The second-order valence-corrected chi connectivity index (χ2v) is 16.0. The van der Waals surface area contributed by atoms with Gasteiger partial charge in [-0.05, 0) is 111 Å². The van der Waals surface area contributed by atoms with Gasteiger partial charge in [0, 0.05) is 38.0 Å². The Labute approximate surface area is 232 Å². The molecule has 0 spiro atoms. The zero-order valence-electron chi connectivity index (χ0n) is 25.3. The minimum absolute atomic E-state index is 0.186. The van der Waals surface area contributed by atoms with E-state index < -0.39 is 0 Å². The molecule has 4 heteroatoms. The van der Waals surface area contributed by atoms with Crippen LogP contribution in [0.4, 0.5) is 0 Å². The number of amides is 1. The van der Waals surface area contributed by atoms with E-state index in [4.69, 9.17) is 0 Å². The van der Waals surface area contributed by atoms with Gasteiger partial charge in [0.15, 0.2) is 0 Å². The molecular weight excluding hydrogens is 468 g/mol. The van der Waals surface area contributed by atoms with Gasteiger partial charge in [-0.25, -0.2) is 0 Å². The van der Waals surface area contributed by atoms with Crippen LogP contribution in [0.2, 0.25) is 0 Å². The molecule has 1 heterocycles. The highest BCUT2D eigenvalue weighted by Crippen LogP contribution is 2.77. The number of hydrogen-bond donors (Lipinski definition) is 1. The lowest BCUT2D eigenvalue weighted by Gasteiger charge is -2.72. The molecule has 5 aliphatic carbocycles. The van der Waals surface area contributed by atoms with E-state index in [1.165, 1.54) is 37.7 Å². The number of carbonyl (C=O) groups excluding carboxylic acids is 2. The molecule has 0 bridgehead atoms. The Bertz CT molecular complexity index is 1030. The second-order valence-electron chi connectivity index (χ2n) is 16.0. The fraction of sp³-hybridized carbons (Fsp3) is 0.882. The molecule has 1 amide bonds. The van der Waals surface area contributed by atoms with Crippen molar-refractivity contribution < 1.29 is 9.59 Å². The van der Waals surface area contributed by atoms with E-state index in [0.717, 1.165) is 58.3 Å². The largest absolute Gasteiger partial charge is 0.340 e. The summed E-state index contributed by atoms with van der Waals surface area (Å²) < 4.78 is 0. The Morgan fingerprint density at radius 1 is 0.868 bits per heavy atom. The van der Waals surface area contributed by atoms with E-state index in [1.807, 2.05) is 0 Å². The molecule has 6 fully saturated rings. The Balaban J connectivity index is 1.38. The van der Waals surface area contributed by atoms with E-state index in [1.54, 1.807) is 0 Å². The smallest absolute Gasteiger partial charge is 0.229 e. The molecule has 0 aromatic carbocycles. The number of ketones is 1. The number of piperazine rings is 1. The zero-order valence-corrected chi connectivity index (χ0v) is 25.3. The number of nitrogens with one attached hydrogen (secondary N) is 1. The highest BCUT2D eigenvalue weighted by molar-refractivity contribution is 5.85. The summed E-state index contributed by atoms with van der Waals surface area (Å²) in [5.41, 5.74) is 1.68. The van der Waals surface area contributed by atoms with Crippen molar-refractivity contribution in [2.75, 3.05) is 26.2 Å². The number of Topliss-reactive ketones (excluding diaryl/α,β-unsaturated/α-hetero) is 1. The molecule has 1 aliphatic heterocycles. The predicted molar refractivity (Wildman–Crippen MR) is 153 cm³/mol. The number of rotatable bonds is 2. The quantitative estimate of drug-likeness (QED) is 0.413. The van der Waals surface area contributed by atoms with Crippen molar-refractivity contribution in [3.63, 3.8) is 0 Å². The molecule has 0 aromatic heterocycles. The minimum atomic E-state index is -0.194. The van der Waals surface area contributed by atoms with Crippen molar-refractivity contribution in [1.29, 1.82) is 0 Å². The van der Waals surface area contributed by atoms with Crippen molar-refractivity contribution >= 4 is 11.7 Å². The summed E-state index contributed by atoms with van der Waals surface area (Å²) in [6, 6.07) is 0. The number of fused-ring (bicyclic) bond motifs is 7. The molecule has 9 atom stereocenters. The van der Waals surface area contributed by atoms with Crippen LogP contribution in [0.25, 0.3) is 0 Å². The van der Waals surface area contributed by atoms with E-state index in [2.05, 4.69) is 58.3 Å². The fourth-order valence-electron chi connectivity index (χ4n) is 12.5. The van der Waals surface area contributed by atoms with E-state index in [9.17, 15) is 9.59 Å². The van der Waals surface area contributed by atoms with Gasteiger partial charge in [0.25, 0.3) is 0 Å². The van der Waals surface area contributed by atoms with E-state index in [0.29, 0.717) is 41.3 Å². The van der Waals surface area contributed by atoms with E-state index in [-0.39, 0.29) is 27.1 Å². The molecule has 6 rings (SSSR count). The van der Waals surface area contributed by atoms with Gasteiger partial charge in [-0.3, -0.25) is 9.59 Å². The molecule has 5 saturated carbocycles. The van der Waals surface area contributed by atoms with Crippen LogP contribution in [-0.2, 0) is 9.59 Å². The standard InChI is InChI=1S/C34H54N2O2/c1-22(2)23-10-15-34(29(38)36-20-18-35-19-21-36)17-16-32(6)24(28(23)34)8-9-26-31(5)13-12-27(37)30(3,4)25(31)11-14-33(26,32)7/h23-26,28,35H,1,8-21H2,2-7H3/t23-,24+,25-,26+,28+,31-,32+,33+,34-/m0/s1. The van der Waals surface area contributed by atoms with Gasteiger partial charge in [0.1, 0.15) is 5.78 Å². The van der Waals surface area contributed by atoms with Gasteiger partial charge >= 0.3 is 0 Å². The maximum absolute atomic E-state index is 14.4. The van der Waals surface area contributed by atoms with Crippen LogP contribution in [-0.4, -0.2) is 42.8 Å². The first kappa shape index (κ1) is 27.0. The number of nitrogens with zero attached hydrogens (tertiary/aromatic N) is 1. The van der Waals surface area contributed by atoms with Crippen molar-refractivity contribution in [2.24, 2.45) is 56.7 Å². The van der Waals surface area contributed by atoms with Crippen LogP contribution >= 0.6 is 0 Å². The summed E-state index contributed by atoms with van der Waals surface area (Å²) in [7, 11) is 0. The molecule has 0 radical (unpaired) electrons. The highest BCUT2D eigenvalue weighted by Gasteiger charge is 2.72. The van der Waals surface area contributed by atoms with Crippen LogP contribution < -0.4 is 5.32 Å². The first-order valence-corrected chi connectivity index (χ1v) is 16.0. The van der Waals surface area contributed by atoms with Gasteiger partial charge in [-0.1, -0.05) is 46.8 Å². The van der Waals surface area contributed by atoms with Crippen molar-refractivity contribution in [2.45, 2.75) is 106 Å². The SMILES string of the molecule is C=C(C)[C@@H]1CC[C@]2(C(=O)N3CCNCC3)CC[C@]3(C)[C@H](CC[C@@H]4[C@@]5(C)CCC(=O)C(C)(C)[C@@H]5CC[C@]43C)[C@@H]12. The van der Waals surface area contributed by atoms with Gasteiger partial charge in [0.2, 0.25) is 5.91 Å². The Hall–Kier alpha value is -1.16. The normalized spacial score (nSPS) is 49.9. The maximum Gasteiger partial charge on any atom is 0.229 e. The first-order chi connectivity index (χ1) is 17.8. The molecule has 38 heavy (non-hydrogen) atoms. The Morgan fingerprint density at radius 2 is 1.58 bits per heavy atom. The van der Waals surface area contributed by atoms with Crippen LogP contribution in [0, 0.1) is 56.7 Å². The summed E-state index contributed by atoms with van der Waals surface area (Å²) in [5.74, 6) is 3.65. The second kappa shape index (κ2) is 8.67. The summed E-state index contributed by atoms with van der Waals surface area (Å²) >= 11 is 0. The van der Waals surface area contributed by atoms with Crippen molar-refractivity contribution in [3.05, 3.63) is 12.2 Å². The number of hydrogen-bond acceptors (Lipinski definition) is 3. The molecule has 1 saturated heterocycles. The van der Waals surface area contributed by atoms with Crippen LogP contribution in [0.3, 0.4) is 0 Å². The van der Waals surface area contributed by atoms with E-state index >= 15 is 0 Å². The predicted octanol–water partition coefficient (Wildman–Crippen LogP) is 6.64. The van der Waals surface area contributed by atoms with Gasteiger partial charge < -0.3 is 10.2 Å². The summed E-state index contributed by atoms with van der Waals surface area (Å²) in [5, 5.41) is 3.45. The molecule has 0 unspecified atom stereocenters. The zero-order chi connectivity index (χ0) is 27.3. The summed E-state index contributed by atoms with van der Waals surface area (Å²) in [4.78, 5) is 29.7. The number of carbonyl (C=O) groups is 2. The van der Waals surface area contributed by atoms with Crippen LogP contribution in [0.1, 0.15) is 106 Å². The Kier molecular flexibility index (Phi) is 6.17. The van der Waals surface area contributed by atoms with Crippen LogP contribution in [0.5, 0.6) is 0 Å². The monoisotopic (exact) mass is 522 g/mol. The van der Waals surface area contributed by atoms with Crippen LogP contribution in [0.15, 0.2) is 12.2 Å². The van der Waals surface area contributed by atoms with Crippen molar-refractivity contribution in [1.82, 2.24) is 10.2 Å². The topological polar surface area (TPSA) is 49.4 Å².